The van der Waals surface area contributed by atoms with E-state index in [1.807, 2.05) is 54.8 Å². The summed E-state index contributed by atoms with van der Waals surface area (Å²) < 4.78 is 5.38. The van der Waals surface area contributed by atoms with E-state index in [4.69, 9.17) is 4.74 Å². The lowest BCUT2D eigenvalue weighted by atomic mass is 9.86. The van der Waals surface area contributed by atoms with Crippen molar-refractivity contribution in [3.63, 3.8) is 0 Å². The Morgan fingerprint density at radius 2 is 1.91 bits per heavy atom. The fraction of sp³-hybridized carbons (Fsp3) is 0.154. The van der Waals surface area contributed by atoms with Crippen molar-refractivity contribution in [1.82, 2.24) is 5.32 Å². The first-order valence-electron chi connectivity index (χ1n) is 10.4. The third-order valence-electron chi connectivity index (χ3n) is 5.30. The summed E-state index contributed by atoms with van der Waals surface area (Å²) in [5, 5.41) is 19.2. The first-order chi connectivity index (χ1) is 16.1. The Balaban J connectivity index is 1.68. The number of nitrogens with one attached hydrogen (secondary N) is 2. The number of benzene rings is 2. The van der Waals surface area contributed by atoms with Crippen molar-refractivity contribution in [2.45, 2.75) is 18.6 Å². The van der Waals surface area contributed by atoms with Gasteiger partial charge >= 0.3 is 0 Å². The minimum absolute atomic E-state index is 0.261. The highest BCUT2D eigenvalue weighted by atomic mass is 32.2. The van der Waals surface area contributed by atoms with Gasteiger partial charge in [-0.2, -0.15) is 5.26 Å². The fourth-order valence-corrected chi connectivity index (χ4v) is 5.63. The zero-order chi connectivity index (χ0) is 23.2. The van der Waals surface area contributed by atoms with Gasteiger partial charge in [-0.1, -0.05) is 48.5 Å². The third-order valence-corrected chi connectivity index (χ3v) is 7.33. The molecular formula is C26H23N3O2S2. The van der Waals surface area contributed by atoms with E-state index in [2.05, 4.69) is 28.8 Å². The minimum atomic E-state index is -0.441. The van der Waals surface area contributed by atoms with Gasteiger partial charge in [0.05, 0.1) is 35.4 Å². The highest BCUT2D eigenvalue weighted by Crippen LogP contribution is 2.43. The first-order valence-corrected chi connectivity index (χ1v) is 12.3. The molecule has 0 fully saturated rings. The predicted molar refractivity (Wildman–Crippen MR) is 135 cm³/mol. The van der Waals surface area contributed by atoms with Gasteiger partial charge in [-0.15, -0.1) is 23.1 Å². The van der Waals surface area contributed by atoms with Gasteiger partial charge in [-0.25, -0.2) is 0 Å². The lowest BCUT2D eigenvalue weighted by Gasteiger charge is -2.29. The van der Waals surface area contributed by atoms with Gasteiger partial charge < -0.3 is 15.4 Å². The third kappa shape index (κ3) is 4.98. The SMILES string of the molecule is COc1ccccc1NC(=O)C1=C(C)NC(SCc2ccccc2)=C(C#N)C1c1cccs1. The number of carbonyl (C=O) groups excluding carboxylic acids is 1. The van der Waals surface area contributed by atoms with Gasteiger partial charge in [0.2, 0.25) is 0 Å². The topological polar surface area (TPSA) is 74.2 Å². The maximum absolute atomic E-state index is 13.5. The summed E-state index contributed by atoms with van der Waals surface area (Å²) in [6.07, 6.45) is 0. The molecule has 2 aromatic carbocycles. The predicted octanol–water partition coefficient (Wildman–Crippen LogP) is 6.02. The molecule has 5 nitrogen and oxygen atoms in total. The molecule has 1 atom stereocenters. The summed E-state index contributed by atoms with van der Waals surface area (Å²) in [7, 11) is 1.57. The fourth-order valence-electron chi connectivity index (χ4n) is 3.73. The van der Waals surface area contributed by atoms with Crippen LogP contribution >= 0.6 is 23.1 Å². The summed E-state index contributed by atoms with van der Waals surface area (Å²) in [4.78, 5) is 14.5. The van der Waals surface area contributed by atoms with Gasteiger partial charge in [0, 0.05) is 21.9 Å². The van der Waals surface area contributed by atoms with E-state index in [0.29, 0.717) is 22.6 Å². The Labute approximate surface area is 201 Å². The van der Waals surface area contributed by atoms with Gasteiger partial charge in [0.1, 0.15) is 5.75 Å². The van der Waals surface area contributed by atoms with Crippen molar-refractivity contribution < 1.29 is 9.53 Å². The number of dihydropyridines is 1. The van der Waals surface area contributed by atoms with E-state index in [1.165, 1.54) is 5.56 Å². The van der Waals surface area contributed by atoms with Crippen LogP contribution in [0.1, 0.15) is 23.3 Å². The molecular weight excluding hydrogens is 450 g/mol. The Morgan fingerprint density at radius 1 is 1.15 bits per heavy atom. The molecule has 1 aliphatic rings. The van der Waals surface area contributed by atoms with Gasteiger partial charge in [0.15, 0.2) is 0 Å². The van der Waals surface area contributed by atoms with E-state index >= 15 is 0 Å². The summed E-state index contributed by atoms with van der Waals surface area (Å²) in [6.45, 7) is 1.88. The maximum Gasteiger partial charge on any atom is 0.254 e. The first kappa shape index (κ1) is 22.7. The van der Waals surface area contributed by atoms with Crippen LogP contribution in [0.25, 0.3) is 0 Å². The molecule has 1 unspecified atom stereocenters. The summed E-state index contributed by atoms with van der Waals surface area (Å²) in [5.74, 6) is 0.601. The molecule has 2 N–H and O–H groups in total. The van der Waals surface area contributed by atoms with Crippen molar-refractivity contribution in [3.8, 4) is 11.8 Å². The lowest BCUT2D eigenvalue weighted by molar-refractivity contribution is -0.113. The second-order valence-electron chi connectivity index (χ2n) is 7.40. The molecule has 0 saturated carbocycles. The van der Waals surface area contributed by atoms with Crippen molar-refractivity contribution in [2.75, 3.05) is 12.4 Å². The quantitative estimate of drug-likeness (QED) is 0.439. The molecule has 0 saturated heterocycles. The summed E-state index contributed by atoms with van der Waals surface area (Å²) in [5.41, 5.74) is 3.57. The number of anilines is 1. The Hall–Kier alpha value is -3.47. The number of methoxy groups -OCH3 is 1. The largest absolute Gasteiger partial charge is 0.495 e. The number of allylic oxidation sites excluding steroid dienone is 2. The van der Waals surface area contributed by atoms with Gasteiger partial charge in [0.25, 0.3) is 5.91 Å². The highest BCUT2D eigenvalue weighted by molar-refractivity contribution is 8.02. The van der Waals surface area contributed by atoms with Crippen LogP contribution in [0.5, 0.6) is 5.75 Å². The number of nitriles is 1. The monoisotopic (exact) mass is 473 g/mol. The molecule has 0 bridgehead atoms. The molecule has 33 heavy (non-hydrogen) atoms. The molecule has 7 heteroatoms. The second kappa shape index (κ2) is 10.4. The van der Waals surface area contributed by atoms with Crippen molar-refractivity contribution >= 4 is 34.7 Å². The number of rotatable bonds is 7. The van der Waals surface area contributed by atoms with E-state index < -0.39 is 5.92 Å². The standard InChI is InChI=1S/C26H23N3O2S2/c1-17-23(25(30)29-20-11-6-7-12-21(20)31-2)24(22-13-8-14-32-22)19(15-27)26(28-17)33-16-18-9-4-3-5-10-18/h3-14,24,28H,16H2,1-2H3,(H,29,30). The lowest BCUT2D eigenvalue weighted by Crippen LogP contribution is -2.30. The van der Waals surface area contributed by atoms with Gasteiger partial charge in [-0.05, 0) is 36.1 Å². The van der Waals surface area contributed by atoms with Crippen LogP contribution in [0.3, 0.4) is 0 Å². The molecule has 0 aliphatic carbocycles. The number of thiophene rings is 1. The van der Waals surface area contributed by atoms with Crippen LogP contribution < -0.4 is 15.4 Å². The Kier molecular flexibility index (Phi) is 7.18. The molecule has 1 aromatic heterocycles. The van der Waals surface area contributed by atoms with Crippen LogP contribution in [-0.4, -0.2) is 13.0 Å². The van der Waals surface area contributed by atoms with E-state index in [0.717, 1.165) is 21.4 Å². The zero-order valence-electron chi connectivity index (χ0n) is 18.3. The van der Waals surface area contributed by atoms with E-state index in [1.54, 1.807) is 42.3 Å². The molecule has 0 spiro atoms. The summed E-state index contributed by atoms with van der Waals surface area (Å²) in [6, 6.07) is 23.7. The molecule has 2 heterocycles. The summed E-state index contributed by atoms with van der Waals surface area (Å²) >= 11 is 3.12. The highest BCUT2D eigenvalue weighted by Gasteiger charge is 2.35. The van der Waals surface area contributed by atoms with Crippen LogP contribution in [0.2, 0.25) is 0 Å². The zero-order valence-corrected chi connectivity index (χ0v) is 19.9. The van der Waals surface area contributed by atoms with Crippen LogP contribution in [-0.2, 0) is 10.5 Å². The molecule has 1 amide bonds. The van der Waals surface area contributed by atoms with Gasteiger partial charge in [-0.3, -0.25) is 4.79 Å². The molecule has 166 valence electrons. The number of nitrogens with zero attached hydrogens (tertiary/aromatic N) is 1. The number of hydrogen-bond donors (Lipinski definition) is 2. The number of carbonyl (C=O) groups is 1. The average Bonchev–Trinajstić information content (AvgIpc) is 3.38. The maximum atomic E-state index is 13.5. The Bertz CT molecular complexity index is 1240. The molecule has 4 rings (SSSR count). The van der Waals surface area contributed by atoms with E-state index in [-0.39, 0.29) is 5.91 Å². The number of amides is 1. The Morgan fingerprint density at radius 3 is 2.61 bits per heavy atom. The van der Waals surface area contributed by atoms with Crippen molar-refractivity contribution in [1.29, 1.82) is 5.26 Å². The molecule has 3 aromatic rings. The molecule has 0 radical (unpaired) electrons. The number of thioether (sulfide) groups is 1. The number of hydrogen-bond acceptors (Lipinski definition) is 6. The van der Waals surface area contributed by atoms with Crippen LogP contribution in [0, 0.1) is 11.3 Å². The smallest absolute Gasteiger partial charge is 0.254 e. The van der Waals surface area contributed by atoms with Crippen molar-refractivity contribution in [3.05, 3.63) is 104 Å². The van der Waals surface area contributed by atoms with E-state index in [9.17, 15) is 10.1 Å². The normalized spacial score (nSPS) is 15.6. The second-order valence-corrected chi connectivity index (χ2v) is 9.36. The van der Waals surface area contributed by atoms with Crippen LogP contribution in [0.4, 0.5) is 5.69 Å². The number of ether oxygens (including phenoxy) is 1. The molecule has 1 aliphatic heterocycles. The average molecular weight is 474 g/mol. The van der Waals surface area contributed by atoms with Crippen LogP contribution in [0.15, 0.2) is 94.0 Å². The minimum Gasteiger partial charge on any atom is -0.495 e. The number of para-hydroxylation sites is 2. The van der Waals surface area contributed by atoms with Crippen molar-refractivity contribution in [2.24, 2.45) is 0 Å².